The molecule has 2 aromatic carbocycles. The molecule has 1 atom stereocenters. The Morgan fingerprint density at radius 2 is 2.00 bits per heavy atom. The predicted molar refractivity (Wildman–Crippen MR) is 98.1 cm³/mol. The normalized spacial score (nSPS) is 13.8. The molecule has 0 unspecified atom stereocenters. The zero-order valence-electron chi connectivity index (χ0n) is 14.7. The maximum absolute atomic E-state index is 12.2. The van der Waals surface area contributed by atoms with Gasteiger partial charge in [-0.2, -0.15) is 5.26 Å². The van der Waals surface area contributed by atoms with Gasteiger partial charge < -0.3 is 18.9 Å². The van der Waals surface area contributed by atoms with Crippen molar-refractivity contribution in [3.63, 3.8) is 0 Å². The molecule has 0 N–H and O–H groups in total. The van der Waals surface area contributed by atoms with Crippen molar-refractivity contribution >= 4 is 17.6 Å². The summed E-state index contributed by atoms with van der Waals surface area (Å²) in [5.41, 5.74) is 1.21. The summed E-state index contributed by atoms with van der Waals surface area (Å²) in [4.78, 5) is 12.2. The number of hydrogen-bond donors (Lipinski definition) is 0. The number of carbonyl (C=O) groups is 1. The third-order valence-corrected chi connectivity index (χ3v) is 4.15. The highest BCUT2D eigenvalue weighted by molar-refractivity contribution is 6.32. The van der Waals surface area contributed by atoms with Gasteiger partial charge in [-0.15, -0.1) is 0 Å². The zero-order chi connectivity index (χ0) is 19.2. The number of hydrogen-bond acceptors (Lipinski definition) is 6. The van der Waals surface area contributed by atoms with Crippen LogP contribution in [0.4, 0.5) is 0 Å². The molecular weight excluding hydrogens is 370 g/mol. The molecule has 0 aliphatic carbocycles. The quantitative estimate of drug-likeness (QED) is 0.724. The van der Waals surface area contributed by atoms with E-state index in [9.17, 15) is 4.79 Å². The Labute approximate surface area is 162 Å². The SMILES string of the molecule is C[C@@H](Oc1ccc(C#N)cc1)C(=O)OCc1cc(Cl)c2c(c1)OCCCO2. The lowest BCUT2D eigenvalue weighted by atomic mass is 10.2. The average Bonchev–Trinajstić information content (AvgIpc) is 2.92. The number of fused-ring (bicyclic) bond motifs is 1. The second-order valence-corrected chi connectivity index (χ2v) is 6.37. The number of carbonyl (C=O) groups excluding carboxylic acids is 1. The maximum atomic E-state index is 12.2. The van der Waals surface area contributed by atoms with Crippen molar-refractivity contribution in [2.24, 2.45) is 0 Å². The van der Waals surface area contributed by atoms with Gasteiger partial charge in [0.15, 0.2) is 17.6 Å². The number of benzene rings is 2. The van der Waals surface area contributed by atoms with E-state index in [1.165, 1.54) is 0 Å². The van der Waals surface area contributed by atoms with Crippen LogP contribution in [0.5, 0.6) is 17.2 Å². The molecule has 0 amide bonds. The summed E-state index contributed by atoms with van der Waals surface area (Å²) in [6.45, 7) is 2.73. The van der Waals surface area contributed by atoms with E-state index in [1.807, 2.05) is 6.07 Å². The molecule has 0 saturated heterocycles. The molecular formula is C20H18ClNO5. The largest absolute Gasteiger partial charge is 0.489 e. The van der Waals surface area contributed by atoms with Crippen LogP contribution in [-0.4, -0.2) is 25.3 Å². The van der Waals surface area contributed by atoms with Gasteiger partial charge in [-0.25, -0.2) is 4.79 Å². The van der Waals surface area contributed by atoms with Crippen LogP contribution in [-0.2, 0) is 16.1 Å². The minimum Gasteiger partial charge on any atom is -0.489 e. The fourth-order valence-electron chi connectivity index (χ4n) is 2.50. The van der Waals surface area contributed by atoms with E-state index in [0.717, 1.165) is 6.42 Å². The fraction of sp³-hybridized carbons (Fsp3) is 0.300. The topological polar surface area (TPSA) is 77.8 Å². The number of rotatable bonds is 5. The van der Waals surface area contributed by atoms with Crippen LogP contribution in [0.3, 0.4) is 0 Å². The number of nitrogens with zero attached hydrogens (tertiary/aromatic N) is 1. The van der Waals surface area contributed by atoms with Crippen LogP contribution < -0.4 is 14.2 Å². The first-order chi connectivity index (χ1) is 13.1. The first-order valence-electron chi connectivity index (χ1n) is 8.48. The van der Waals surface area contributed by atoms with Crippen molar-refractivity contribution in [3.8, 4) is 23.3 Å². The molecule has 0 bridgehead atoms. The van der Waals surface area contributed by atoms with Crippen molar-refractivity contribution in [3.05, 3.63) is 52.5 Å². The fourth-order valence-corrected chi connectivity index (χ4v) is 2.79. The lowest BCUT2D eigenvalue weighted by Crippen LogP contribution is -2.26. The molecule has 0 aromatic heterocycles. The van der Waals surface area contributed by atoms with Crippen molar-refractivity contribution in [1.29, 1.82) is 5.26 Å². The Balaban J connectivity index is 1.59. The van der Waals surface area contributed by atoms with Crippen LogP contribution in [0.15, 0.2) is 36.4 Å². The Morgan fingerprint density at radius 1 is 1.26 bits per heavy atom. The second-order valence-electron chi connectivity index (χ2n) is 5.96. The lowest BCUT2D eigenvalue weighted by molar-refractivity contribution is -0.152. The molecule has 140 valence electrons. The Bertz CT molecular complexity index is 860. The molecule has 3 rings (SSSR count). The van der Waals surface area contributed by atoms with Crippen molar-refractivity contribution in [2.45, 2.75) is 26.1 Å². The number of esters is 1. The summed E-state index contributed by atoms with van der Waals surface area (Å²) in [7, 11) is 0. The van der Waals surface area contributed by atoms with Gasteiger partial charge in [0.1, 0.15) is 12.4 Å². The highest BCUT2D eigenvalue weighted by Crippen LogP contribution is 2.38. The molecule has 0 fully saturated rings. The third-order valence-electron chi connectivity index (χ3n) is 3.87. The molecule has 0 radical (unpaired) electrons. The van der Waals surface area contributed by atoms with E-state index in [0.29, 0.717) is 46.6 Å². The molecule has 27 heavy (non-hydrogen) atoms. The first-order valence-corrected chi connectivity index (χ1v) is 8.86. The van der Waals surface area contributed by atoms with Crippen LogP contribution in [0.2, 0.25) is 5.02 Å². The molecule has 7 heteroatoms. The summed E-state index contributed by atoms with van der Waals surface area (Å²) in [6.07, 6.45) is -0.0201. The van der Waals surface area contributed by atoms with Crippen molar-refractivity contribution in [2.75, 3.05) is 13.2 Å². The van der Waals surface area contributed by atoms with E-state index < -0.39 is 12.1 Å². The van der Waals surface area contributed by atoms with Gasteiger partial charge in [0.2, 0.25) is 0 Å². The number of nitriles is 1. The zero-order valence-corrected chi connectivity index (χ0v) is 15.5. The molecule has 6 nitrogen and oxygen atoms in total. The molecule has 0 saturated carbocycles. The van der Waals surface area contributed by atoms with Gasteiger partial charge in [0.25, 0.3) is 0 Å². The highest BCUT2D eigenvalue weighted by Gasteiger charge is 2.19. The Hall–Kier alpha value is -2.91. The van der Waals surface area contributed by atoms with E-state index in [-0.39, 0.29) is 6.61 Å². The van der Waals surface area contributed by atoms with Crippen LogP contribution in [0.25, 0.3) is 0 Å². The molecule has 1 aliphatic rings. The van der Waals surface area contributed by atoms with Crippen LogP contribution >= 0.6 is 11.6 Å². The van der Waals surface area contributed by atoms with E-state index in [1.54, 1.807) is 43.3 Å². The average molecular weight is 388 g/mol. The standard InChI is InChI=1S/C20H18ClNO5/c1-13(27-16-5-3-14(11-22)4-6-16)20(23)26-12-15-9-17(21)19-18(10-15)24-7-2-8-25-19/h3-6,9-10,13H,2,7-8,12H2,1H3/t13-/m1/s1. The van der Waals surface area contributed by atoms with Gasteiger partial charge in [0.05, 0.1) is 29.9 Å². The van der Waals surface area contributed by atoms with E-state index in [4.69, 9.17) is 35.8 Å². The Morgan fingerprint density at radius 3 is 2.74 bits per heavy atom. The van der Waals surface area contributed by atoms with E-state index >= 15 is 0 Å². The van der Waals surface area contributed by atoms with Crippen molar-refractivity contribution in [1.82, 2.24) is 0 Å². The maximum Gasteiger partial charge on any atom is 0.347 e. The van der Waals surface area contributed by atoms with Gasteiger partial charge in [-0.3, -0.25) is 0 Å². The second kappa shape index (κ2) is 8.65. The monoisotopic (exact) mass is 387 g/mol. The minimum absolute atomic E-state index is 0.0380. The Kier molecular flexibility index (Phi) is 6.05. The summed E-state index contributed by atoms with van der Waals surface area (Å²) in [5.74, 6) is 1.04. The van der Waals surface area contributed by atoms with Crippen LogP contribution in [0, 0.1) is 11.3 Å². The summed E-state index contributed by atoms with van der Waals surface area (Å²) < 4.78 is 22.1. The summed E-state index contributed by atoms with van der Waals surface area (Å²) in [5, 5.41) is 9.21. The number of halogens is 1. The van der Waals surface area contributed by atoms with Crippen molar-refractivity contribution < 1.29 is 23.7 Å². The third kappa shape index (κ3) is 4.83. The van der Waals surface area contributed by atoms with Gasteiger partial charge >= 0.3 is 5.97 Å². The smallest absolute Gasteiger partial charge is 0.347 e. The van der Waals surface area contributed by atoms with Crippen LogP contribution in [0.1, 0.15) is 24.5 Å². The molecule has 2 aromatic rings. The summed E-state index contributed by atoms with van der Waals surface area (Å²) in [6, 6.07) is 12.0. The number of ether oxygens (including phenoxy) is 4. The van der Waals surface area contributed by atoms with Gasteiger partial charge in [0, 0.05) is 6.42 Å². The lowest BCUT2D eigenvalue weighted by Gasteiger charge is -2.15. The van der Waals surface area contributed by atoms with Gasteiger partial charge in [-0.1, -0.05) is 11.6 Å². The predicted octanol–water partition coefficient (Wildman–Crippen LogP) is 3.88. The highest BCUT2D eigenvalue weighted by atomic mass is 35.5. The molecule has 0 spiro atoms. The van der Waals surface area contributed by atoms with E-state index in [2.05, 4.69) is 0 Å². The first kappa shape index (κ1) is 18.9. The molecule has 1 aliphatic heterocycles. The summed E-state index contributed by atoms with van der Waals surface area (Å²) >= 11 is 6.24. The van der Waals surface area contributed by atoms with Gasteiger partial charge in [-0.05, 0) is 48.9 Å². The molecule has 1 heterocycles. The minimum atomic E-state index is -0.797.